The summed E-state index contributed by atoms with van der Waals surface area (Å²) in [6.45, 7) is 4.39. The Bertz CT molecular complexity index is 324. The first-order valence-corrected chi connectivity index (χ1v) is 5.87. The third kappa shape index (κ3) is 3.64. The quantitative estimate of drug-likeness (QED) is 0.632. The van der Waals surface area contributed by atoms with E-state index in [-0.39, 0.29) is 0 Å². The van der Waals surface area contributed by atoms with Crippen molar-refractivity contribution in [1.29, 1.82) is 0 Å². The summed E-state index contributed by atoms with van der Waals surface area (Å²) in [4.78, 5) is 5.62. The molecule has 0 aliphatic carbocycles. The molecule has 0 aliphatic rings. The number of thiocarbonyl (C=S) groups is 1. The molecule has 0 spiro atoms. The van der Waals surface area contributed by atoms with E-state index < -0.39 is 0 Å². The summed E-state index contributed by atoms with van der Waals surface area (Å²) < 4.78 is 0. The van der Waals surface area contributed by atoms with Crippen LogP contribution in [0, 0.1) is 5.92 Å². The lowest BCUT2D eigenvalue weighted by Gasteiger charge is -2.05. The van der Waals surface area contributed by atoms with E-state index in [1.165, 1.54) is 4.90 Å². The number of thioether (sulfide) groups is 1. The average Bonchev–Trinajstić information content (AvgIpc) is 2.15. The molecule has 2 N–H and O–H groups in total. The SMILES string of the molecule is CC(C)CSc1ccnc(C(N)=S)c1. The smallest absolute Gasteiger partial charge is 0.122 e. The van der Waals surface area contributed by atoms with Crippen molar-refractivity contribution in [1.82, 2.24) is 4.98 Å². The van der Waals surface area contributed by atoms with E-state index in [0.717, 1.165) is 5.75 Å². The number of nitrogens with zero attached hydrogens (tertiary/aromatic N) is 1. The molecule has 14 heavy (non-hydrogen) atoms. The van der Waals surface area contributed by atoms with Gasteiger partial charge in [-0.05, 0) is 18.1 Å². The van der Waals surface area contributed by atoms with Crippen LogP contribution in [0.2, 0.25) is 0 Å². The summed E-state index contributed by atoms with van der Waals surface area (Å²) in [6.07, 6.45) is 1.75. The first-order valence-electron chi connectivity index (χ1n) is 4.48. The molecule has 4 heteroatoms. The highest BCUT2D eigenvalue weighted by molar-refractivity contribution is 7.99. The van der Waals surface area contributed by atoms with Gasteiger partial charge in [0.2, 0.25) is 0 Å². The van der Waals surface area contributed by atoms with Crippen LogP contribution in [0.5, 0.6) is 0 Å². The van der Waals surface area contributed by atoms with Crippen LogP contribution in [0.3, 0.4) is 0 Å². The Morgan fingerprint density at radius 1 is 1.64 bits per heavy atom. The second-order valence-electron chi connectivity index (χ2n) is 3.45. The topological polar surface area (TPSA) is 38.9 Å². The van der Waals surface area contributed by atoms with Gasteiger partial charge in [0.15, 0.2) is 0 Å². The van der Waals surface area contributed by atoms with Crippen LogP contribution >= 0.6 is 24.0 Å². The maximum Gasteiger partial charge on any atom is 0.122 e. The minimum atomic E-state index is 0.358. The number of pyridine rings is 1. The van der Waals surface area contributed by atoms with Crippen LogP contribution in [-0.4, -0.2) is 15.7 Å². The van der Waals surface area contributed by atoms with Gasteiger partial charge >= 0.3 is 0 Å². The fraction of sp³-hybridized carbons (Fsp3) is 0.400. The van der Waals surface area contributed by atoms with Gasteiger partial charge in [0.05, 0.1) is 5.69 Å². The monoisotopic (exact) mass is 226 g/mol. The summed E-state index contributed by atoms with van der Waals surface area (Å²) in [5.74, 6) is 1.78. The molecule has 1 rings (SSSR count). The molecule has 0 aliphatic heterocycles. The van der Waals surface area contributed by atoms with Crippen molar-refractivity contribution in [2.24, 2.45) is 11.7 Å². The molecule has 0 unspecified atom stereocenters. The lowest BCUT2D eigenvalue weighted by molar-refractivity contribution is 0.750. The van der Waals surface area contributed by atoms with Gasteiger partial charge in [-0.3, -0.25) is 4.98 Å². The van der Waals surface area contributed by atoms with E-state index in [1.807, 2.05) is 12.1 Å². The first kappa shape index (κ1) is 11.5. The lowest BCUT2D eigenvalue weighted by atomic mass is 10.3. The van der Waals surface area contributed by atoms with Gasteiger partial charge in [0.1, 0.15) is 4.99 Å². The van der Waals surface area contributed by atoms with Gasteiger partial charge < -0.3 is 5.73 Å². The largest absolute Gasteiger partial charge is 0.388 e. The number of rotatable bonds is 4. The second-order valence-corrected chi connectivity index (χ2v) is 4.98. The van der Waals surface area contributed by atoms with Crippen LogP contribution in [0.4, 0.5) is 0 Å². The maximum absolute atomic E-state index is 5.50. The Kier molecular flexibility index (Phi) is 4.35. The molecule has 1 aromatic rings. The molecule has 76 valence electrons. The average molecular weight is 226 g/mol. The van der Waals surface area contributed by atoms with E-state index in [4.69, 9.17) is 18.0 Å². The molecular weight excluding hydrogens is 212 g/mol. The van der Waals surface area contributed by atoms with Gasteiger partial charge in [0, 0.05) is 16.8 Å². The molecule has 0 saturated heterocycles. The molecule has 0 aromatic carbocycles. The van der Waals surface area contributed by atoms with Crippen molar-refractivity contribution in [3.63, 3.8) is 0 Å². The Morgan fingerprint density at radius 3 is 2.93 bits per heavy atom. The van der Waals surface area contributed by atoms with Crippen molar-refractivity contribution in [3.8, 4) is 0 Å². The minimum Gasteiger partial charge on any atom is -0.388 e. The van der Waals surface area contributed by atoms with Crippen LogP contribution in [0.1, 0.15) is 19.5 Å². The summed E-state index contributed by atoms with van der Waals surface area (Å²) in [6, 6.07) is 3.92. The van der Waals surface area contributed by atoms with Gasteiger partial charge in [-0.1, -0.05) is 26.1 Å². The third-order valence-corrected chi connectivity index (χ3v) is 3.20. The Morgan fingerprint density at radius 2 is 2.36 bits per heavy atom. The fourth-order valence-corrected chi connectivity index (χ4v) is 1.89. The lowest BCUT2D eigenvalue weighted by Crippen LogP contribution is -2.11. The van der Waals surface area contributed by atoms with Crippen molar-refractivity contribution in [2.45, 2.75) is 18.7 Å². The second kappa shape index (κ2) is 5.32. The Balaban J connectivity index is 2.69. The van der Waals surface area contributed by atoms with Crippen LogP contribution in [0.25, 0.3) is 0 Å². The summed E-state index contributed by atoms with van der Waals surface area (Å²) in [5.41, 5.74) is 6.20. The molecule has 0 bridgehead atoms. The fourth-order valence-electron chi connectivity index (χ4n) is 0.899. The van der Waals surface area contributed by atoms with E-state index in [9.17, 15) is 0 Å². The Hall–Kier alpha value is -0.610. The minimum absolute atomic E-state index is 0.358. The molecule has 0 atom stereocenters. The number of hydrogen-bond acceptors (Lipinski definition) is 3. The van der Waals surface area contributed by atoms with Gasteiger partial charge in [-0.15, -0.1) is 11.8 Å². The van der Waals surface area contributed by atoms with Crippen LogP contribution < -0.4 is 5.73 Å². The molecule has 1 heterocycles. The van der Waals surface area contributed by atoms with Crippen LogP contribution in [0.15, 0.2) is 23.2 Å². The molecule has 1 aromatic heterocycles. The molecule has 0 fully saturated rings. The summed E-state index contributed by atoms with van der Waals surface area (Å²) >= 11 is 6.67. The number of hydrogen-bond donors (Lipinski definition) is 1. The Labute approximate surface area is 94.3 Å². The number of aromatic nitrogens is 1. The van der Waals surface area contributed by atoms with Gasteiger partial charge in [-0.2, -0.15) is 0 Å². The zero-order chi connectivity index (χ0) is 10.6. The van der Waals surface area contributed by atoms with Crippen molar-refractivity contribution >= 4 is 29.0 Å². The van der Waals surface area contributed by atoms with E-state index in [2.05, 4.69) is 18.8 Å². The highest BCUT2D eigenvalue weighted by Crippen LogP contribution is 2.20. The maximum atomic E-state index is 5.50. The molecular formula is C10H14N2S2. The highest BCUT2D eigenvalue weighted by Gasteiger charge is 2.01. The predicted molar refractivity (Wildman–Crippen MR) is 65.7 cm³/mol. The van der Waals surface area contributed by atoms with E-state index in [0.29, 0.717) is 16.6 Å². The van der Waals surface area contributed by atoms with Crippen molar-refractivity contribution in [3.05, 3.63) is 24.0 Å². The first-order chi connectivity index (χ1) is 6.59. The van der Waals surface area contributed by atoms with Crippen molar-refractivity contribution < 1.29 is 0 Å². The zero-order valence-corrected chi connectivity index (χ0v) is 9.99. The molecule has 0 radical (unpaired) electrons. The van der Waals surface area contributed by atoms with E-state index >= 15 is 0 Å². The highest BCUT2D eigenvalue weighted by atomic mass is 32.2. The van der Waals surface area contributed by atoms with E-state index in [1.54, 1.807) is 18.0 Å². The predicted octanol–water partition coefficient (Wildman–Crippen LogP) is 2.46. The molecule has 0 saturated carbocycles. The third-order valence-electron chi connectivity index (χ3n) is 1.57. The normalized spacial score (nSPS) is 10.5. The number of nitrogens with two attached hydrogens (primary N) is 1. The summed E-state index contributed by atoms with van der Waals surface area (Å²) in [5, 5.41) is 0. The van der Waals surface area contributed by atoms with Gasteiger partial charge in [0.25, 0.3) is 0 Å². The van der Waals surface area contributed by atoms with Gasteiger partial charge in [-0.25, -0.2) is 0 Å². The van der Waals surface area contributed by atoms with Crippen molar-refractivity contribution in [2.75, 3.05) is 5.75 Å². The molecule has 0 amide bonds. The standard InChI is InChI=1S/C10H14N2S2/c1-7(2)6-14-8-3-4-12-9(5-8)10(11)13/h3-5,7H,6H2,1-2H3,(H2,11,13). The van der Waals surface area contributed by atoms with Crippen LogP contribution in [-0.2, 0) is 0 Å². The summed E-state index contributed by atoms with van der Waals surface area (Å²) in [7, 11) is 0. The zero-order valence-electron chi connectivity index (χ0n) is 8.36. The molecule has 2 nitrogen and oxygen atoms in total.